The summed E-state index contributed by atoms with van der Waals surface area (Å²) in [7, 11) is 0. The minimum atomic E-state index is -1.79. The van der Waals surface area contributed by atoms with Gasteiger partial charge >= 0.3 is 17.9 Å². The molecule has 0 heterocycles. The van der Waals surface area contributed by atoms with Gasteiger partial charge in [0.25, 0.3) is 0 Å². The zero-order valence-corrected chi connectivity index (χ0v) is 24.8. The maximum atomic E-state index is 10.3. The molecule has 0 aliphatic heterocycles. The quantitative estimate of drug-likeness (QED) is 0.0751. The molecule has 248 valence electrons. The lowest BCUT2D eigenvalue weighted by atomic mass is 10.0. The third-order valence-electron chi connectivity index (χ3n) is 5.49. The van der Waals surface area contributed by atoms with Crippen LogP contribution in [0.5, 0.6) is 0 Å². The van der Waals surface area contributed by atoms with Crippen molar-refractivity contribution in [3.05, 3.63) is 0 Å². The van der Waals surface area contributed by atoms with E-state index >= 15 is 0 Å². The Labute approximate surface area is 244 Å². The number of aliphatic hydroxyl groups excluding tert-OH is 7. The van der Waals surface area contributed by atoms with Crippen LogP contribution in [0.1, 0.15) is 116 Å². The highest BCUT2D eigenvalue weighted by Crippen LogP contribution is 2.13. The van der Waals surface area contributed by atoms with Crippen LogP contribution >= 0.6 is 0 Å². The first-order valence-corrected chi connectivity index (χ1v) is 14.6. The van der Waals surface area contributed by atoms with Gasteiger partial charge in [-0.2, -0.15) is 0 Å². The Morgan fingerprint density at radius 2 is 0.780 bits per heavy atom. The first-order valence-electron chi connectivity index (χ1n) is 14.6. The van der Waals surface area contributed by atoms with E-state index in [2.05, 4.69) is 6.92 Å². The monoisotopic (exact) mass is 602 g/mol. The number of carboxylic acids is 3. The van der Waals surface area contributed by atoms with E-state index in [-0.39, 0.29) is 26.4 Å². The molecule has 10 N–H and O–H groups in total. The van der Waals surface area contributed by atoms with Gasteiger partial charge in [0.1, 0.15) is 12.2 Å². The van der Waals surface area contributed by atoms with Gasteiger partial charge in [0.15, 0.2) is 6.10 Å². The standard InChI is InChI=1S/C18H36O2.C4H6O5.2C3H8O3/c1-2-3-4-5-6-7-8-9-10-11-12-13-14-15-16-17-18(19)20;5-2(4(8)9)1-3(6)7;2*4-1-3(6)2-5/h2-17H2,1H3,(H,19,20);2,5H,1H2,(H,6,7)(H,8,9);2*3-6H,1-2H2. The molecule has 41 heavy (non-hydrogen) atoms. The Balaban J connectivity index is -0.000000266. The Hall–Kier alpha value is -1.87. The number of aliphatic hydroxyl groups is 7. The van der Waals surface area contributed by atoms with Crippen molar-refractivity contribution in [3.8, 4) is 0 Å². The summed E-state index contributed by atoms with van der Waals surface area (Å²) in [5, 5.41) is 80.7. The Morgan fingerprint density at radius 1 is 0.488 bits per heavy atom. The topological polar surface area (TPSA) is 254 Å². The molecule has 0 radical (unpaired) electrons. The number of carboxylic acid groups (broad SMARTS) is 3. The van der Waals surface area contributed by atoms with Crippen molar-refractivity contribution in [1.29, 1.82) is 0 Å². The molecule has 0 aromatic heterocycles. The molecular formula is C28H58O13. The van der Waals surface area contributed by atoms with Gasteiger partial charge in [0.2, 0.25) is 0 Å². The number of aliphatic carboxylic acids is 3. The van der Waals surface area contributed by atoms with Gasteiger partial charge in [-0.25, -0.2) is 4.79 Å². The maximum Gasteiger partial charge on any atom is 0.333 e. The summed E-state index contributed by atoms with van der Waals surface area (Å²) < 4.78 is 0. The van der Waals surface area contributed by atoms with Gasteiger partial charge in [-0.3, -0.25) is 9.59 Å². The third-order valence-corrected chi connectivity index (χ3v) is 5.49. The van der Waals surface area contributed by atoms with Crippen LogP contribution in [-0.4, -0.2) is 114 Å². The lowest BCUT2D eigenvalue weighted by molar-refractivity contribution is -0.152. The second-order valence-electron chi connectivity index (χ2n) is 9.58. The second-order valence-corrected chi connectivity index (χ2v) is 9.58. The highest BCUT2D eigenvalue weighted by Gasteiger charge is 2.16. The lowest BCUT2D eigenvalue weighted by Crippen LogP contribution is -2.22. The molecule has 0 saturated carbocycles. The Kier molecular flexibility index (Phi) is 42.9. The van der Waals surface area contributed by atoms with Gasteiger partial charge in [-0.05, 0) is 6.42 Å². The van der Waals surface area contributed by atoms with Crippen molar-refractivity contribution in [2.24, 2.45) is 0 Å². The molecule has 0 saturated heterocycles. The molecule has 1 unspecified atom stereocenters. The normalized spacial score (nSPS) is 11.0. The van der Waals surface area contributed by atoms with Crippen molar-refractivity contribution < 1.29 is 65.4 Å². The van der Waals surface area contributed by atoms with Gasteiger partial charge in [0.05, 0.1) is 32.8 Å². The largest absolute Gasteiger partial charge is 0.481 e. The summed E-state index contributed by atoms with van der Waals surface area (Å²) in [4.78, 5) is 29.7. The fourth-order valence-corrected chi connectivity index (χ4v) is 3.02. The molecule has 13 nitrogen and oxygen atoms in total. The number of hydrogen-bond acceptors (Lipinski definition) is 10. The van der Waals surface area contributed by atoms with E-state index in [9.17, 15) is 14.4 Å². The minimum Gasteiger partial charge on any atom is -0.481 e. The molecule has 13 heteroatoms. The third kappa shape index (κ3) is 51.4. The van der Waals surface area contributed by atoms with Crippen molar-refractivity contribution in [3.63, 3.8) is 0 Å². The summed E-state index contributed by atoms with van der Waals surface area (Å²) in [5.74, 6) is -3.50. The van der Waals surface area contributed by atoms with E-state index in [1.807, 2.05) is 0 Å². The van der Waals surface area contributed by atoms with Crippen molar-refractivity contribution in [2.75, 3.05) is 26.4 Å². The Bertz CT molecular complexity index is 543. The summed E-state index contributed by atoms with van der Waals surface area (Å²) in [5.41, 5.74) is 0. The van der Waals surface area contributed by atoms with E-state index in [1.165, 1.54) is 83.5 Å². The number of carbonyl (C=O) groups is 3. The Morgan fingerprint density at radius 3 is 0.951 bits per heavy atom. The van der Waals surface area contributed by atoms with E-state index < -0.39 is 42.6 Å². The van der Waals surface area contributed by atoms with Gasteiger partial charge in [0, 0.05) is 6.42 Å². The zero-order valence-electron chi connectivity index (χ0n) is 24.8. The molecule has 0 spiro atoms. The van der Waals surface area contributed by atoms with E-state index in [4.69, 9.17) is 51.1 Å². The van der Waals surface area contributed by atoms with Gasteiger partial charge < -0.3 is 51.1 Å². The van der Waals surface area contributed by atoms with Crippen molar-refractivity contribution in [2.45, 2.75) is 134 Å². The molecular weight excluding hydrogens is 544 g/mol. The SMILES string of the molecule is CCCCCCCCCCCCCCCCCC(=O)O.O=C(O)CC(O)C(=O)O.OCC(O)CO.OCC(O)CO. The summed E-state index contributed by atoms with van der Waals surface area (Å²) in [6, 6.07) is 0. The van der Waals surface area contributed by atoms with Crippen LogP contribution in [0.15, 0.2) is 0 Å². The summed E-state index contributed by atoms with van der Waals surface area (Å²) >= 11 is 0. The number of unbranched alkanes of at least 4 members (excludes halogenated alkanes) is 14. The lowest BCUT2D eigenvalue weighted by Gasteiger charge is -2.03. The maximum absolute atomic E-state index is 10.3. The predicted octanol–water partition coefficient (Wildman–Crippen LogP) is 1.90. The number of rotatable bonds is 23. The summed E-state index contributed by atoms with van der Waals surface area (Å²) in [6.45, 7) is 0.812. The molecule has 0 amide bonds. The molecule has 0 aromatic rings. The first kappa shape index (κ1) is 46.1. The van der Waals surface area contributed by atoms with Crippen molar-refractivity contribution in [1.82, 2.24) is 0 Å². The molecule has 0 aromatic carbocycles. The minimum absolute atomic E-state index is 0.345. The fourth-order valence-electron chi connectivity index (χ4n) is 3.02. The van der Waals surface area contributed by atoms with E-state index in [0.29, 0.717) is 6.42 Å². The average molecular weight is 603 g/mol. The first-order chi connectivity index (χ1) is 19.4. The van der Waals surface area contributed by atoms with Crippen molar-refractivity contribution >= 4 is 17.9 Å². The predicted molar refractivity (Wildman–Crippen MR) is 153 cm³/mol. The van der Waals surface area contributed by atoms with Crippen LogP contribution < -0.4 is 0 Å². The van der Waals surface area contributed by atoms with Crippen LogP contribution in [0.3, 0.4) is 0 Å². The van der Waals surface area contributed by atoms with Crippen LogP contribution in [0, 0.1) is 0 Å². The smallest absolute Gasteiger partial charge is 0.333 e. The van der Waals surface area contributed by atoms with Crippen LogP contribution in [0.25, 0.3) is 0 Å². The highest BCUT2D eigenvalue weighted by molar-refractivity contribution is 5.79. The number of hydrogen-bond donors (Lipinski definition) is 10. The van der Waals surface area contributed by atoms with E-state index in [1.54, 1.807) is 0 Å². The summed E-state index contributed by atoms with van der Waals surface area (Å²) in [6.07, 6.45) is 15.7. The van der Waals surface area contributed by atoms with Gasteiger partial charge in [-0.15, -0.1) is 0 Å². The van der Waals surface area contributed by atoms with Crippen LogP contribution in [0.2, 0.25) is 0 Å². The van der Waals surface area contributed by atoms with Gasteiger partial charge in [-0.1, -0.05) is 96.8 Å². The highest BCUT2D eigenvalue weighted by atomic mass is 16.4. The fraction of sp³-hybridized carbons (Fsp3) is 0.893. The average Bonchev–Trinajstić information content (AvgIpc) is 2.94. The van der Waals surface area contributed by atoms with E-state index in [0.717, 1.165) is 12.8 Å². The molecule has 0 aliphatic rings. The van der Waals surface area contributed by atoms with Crippen LogP contribution in [0.4, 0.5) is 0 Å². The molecule has 0 fully saturated rings. The zero-order chi connectivity index (χ0) is 32.3. The molecule has 0 bridgehead atoms. The van der Waals surface area contributed by atoms with Crippen LogP contribution in [-0.2, 0) is 14.4 Å². The molecule has 0 aliphatic carbocycles. The molecule has 1 atom stereocenters. The molecule has 0 rings (SSSR count). The second kappa shape index (κ2) is 38.1.